The molecule has 2 aromatic carbocycles. The molecule has 1 aliphatic carbocycles. The van der Waals surface area contributed by atoms with Crippen molar-refractivity contribution in [2.45, 2.75) is 32.1 Å². The van der Waals surface area contributed by atoms with Crippen LogP contribution in [-0.4, -0.2) is 36.6 Å². The van der Waals surface area contributed by atoms with E-state index in [1.54, 1.807) is 38.4 Å². The van der Waals surface area contributed by atoms with Crippen molar-refractivity contribution < 1.29 is 14.4 Å². The first-order valence-electron chi connectivity index (χ1n) is 9.20. The van der Waals surface area contributed by atoms with Crippen LogP contribution in [0.1, 0.15) is 51.1 Å². The van der Waals surface area contributed by atoms with E-state index in [4.69, 9.17) is 0 Å². The van der Waals surface area contributed by atoms with Gasteiger partial charge < -0.3 is 10.2 Å². The Morgan fingerprint density at radius 1 is 0.926 bits per heavy atom. The Morgan fingerprint density at radius 2 is 1.70 bits per heavy atom. The van der Waals surface area contributed by atoms with E-state index in [0.717, 1.165) is 19.3 Å². The van der Waals surface area contributed by atoms with Gasteiger partial charge in [0.25, 0.3) is 5.91 Å². The summed E-state index contributed by atoms with van der Waals surface area (Å²) in [4.78, 5) is 38.1. The minimum Gasteiger partial charge on any atom is -0.345 e. The second-order valence-corrected chi connectivity index (χ2v) is 7.09. The molecule has 0 unspecified atom stereocenters. The number of hydrogen-bond donors (Lipinski definition) is 1. The summed E-state index contributed by atoms with van der Waals surface area (Å²) in [5.41, 5.74) is 4.33. The number of benzene rings is 2. The lowest BCUT2D eigenvalue weighted by atomic mass is 10.0. The number of rotatable bonds is 6. The van der Waals surface area contributed by atoms with E-state index in [1.165, 1.54) is 16.0 Å². The molecule has 3 rings (SSSR count). The SMILES string of the molecule is CN(C)C(=O)c1cccc(NC(=O)CCC(=O)c2ccc3c(c2)CCC3)c1. The summed E-state index contributed by atoms with van der Waals surface area (Å²) < 4.78 is 0. The number of fused-ring (bicyclic) bond motifs is 1. The smallest absolute Gasteiger partial charge is 0.253 e. The van der Waals surface area contributed by atoms with E-state index in [0.29, 0.717) is 16.8 Å². The van der Waals surface area contributed by atoms with E-state index in [2.05, 4.69) is 5.32 Å². The van der Waals surface area contributed by atoms with Crippen LogP contribution in [0, 0.1) is 0 Å². The summed E-state index contributed by atoms with van der Waals surface area (Å²) >= 11 is 0. The number of carbonyl (C=O) groups is 3. The van der Waals surface area contributed by atoms with Gasteiger partial charge in [0.05, 0.1) is 0 Å². The molecule has 140 valence electrons. The summed E-state index contributed by atoms with van der Waals surface area (Å²) in [5, 5.41) is 2.76. The Hall–Kier alpha value is -2.95. The first kappa shape index (κ1) is 18.8. The maximum Gasteiger partial charge on any atom is 0.253 e. The lowest BCUT2D eigenvalue weighted by molar-refractivity contribution is -0.116. The number of aryl methyl sites for hydroxylation is 2. The highest BCUT2D eigenvalue weighted by atomic mass is 16.2. The Morgan fingerprint density at radius 3 is 2.48 bits per heavy atom. The second-order valence-electron chi connectivity index (χ2n) is 7.09. The van der Waals surface area contributed by atoms with Gasteiger partial charge in [0.1, 0.15) is 0 Å². The number of hydrogen-bond acceptors (Lipinski definition) is 3. The summed E-state index contributed by atoms with van der Waals surface area (Å²) in [6.45, 7) is 0. The summed E-state index contributed by atoms with van der Waals surface area (Å²) in [6.07, 6.45) is 3.54. The number of carbonyl (C=O) groups excluding carboxylic acids is 3. The molecule has 0 aliphatic heterocycles. The van der Waals surface area contributed by atoms with E-state index >= 15 is 0 Å². The zero-order chi connectivity index (χ0) is 19.4. The van der Waals surface area contributed by atoms with Crippen LogP contribution >= 0.6 is 0 Å². The maximum absolute atomic E-state index is 12.4. The molecule has 5 heteroatoms. The number of anilines is 1. The number of Topliss-reactive ketones (excluding diaryl/α,β-unsaturated/α-hetero) is 1. The van der Waals surface area contributed by atoms with E-state index in [1.807, 2.05) is 18.2 Å². The van der Waals surface area contributed by atoms with Crippen molar-refractivity contribution in [3.05, 3.63) is 64.7 Å². The first-order valence-corrected chi connectivity index (χ1v) is 9.20. The summed E-state index contributed by atoms with van der Waals surface area (Å²) in [6, 6.07) is 12.7. The van der Waals surface area contributed by atoms with Crippen LogP contribution in [0.25, 0.3) is 0 Å². The zero-order valence-electron chi connectivity index (χ0n) is 15.7. The standard InChI is InChI=1S/C22H24N2O3/c1-24(2)22(27)18-7-4-8-19(14-18)23-21(26)12-11-20(25)17-10-9-15-5-3-6-16(15)13-17/h4,7-10,13-14H,3,5-6,11-12H2,1-2H3,(H,23,26). The van der Waals surface area contributed by atoms with E-state index < -0.39 is 0 Å². The van der Waals surface area contributed by atoms with Crippen molar-refractivity contribution in [2.24, 2.45) is 0 Å². The van der Waals surface area contributed by atoms with Crippen molar-refractivity contribution in [1.82, 2.24) is 4.90 Å². The van der Waals surface area contributed by atoms with Gasteiger partial charge >= 0.3 is 0 Å². The van der Waals surface area contributed by atoms with Crippen molar-refractivity contribution in [1.29, 1.82) is 0 Å². The normalized spacial score (nSPS) is 12.4. The molecule has 1 N–H and O–H groups in total. The molecule has 0 radical (unpaired) electrons. The Labute approximate surface area is 159 Å². The molecule has 0 aromatic heterocycles. The van der Waals surface area contributed by atoms with E-state index in [-0.39, 0.29) is 30.4 Å². The topological polar surface area (TPSA) is 66.5 Å². The molecule has 0 heterocycles. The molecular formula is C22H24N2O3. The van der Waals surface area contributed by atoms with Crippen molar-refractivity contribution in [3.63, 3.8) is 0 Å². The average molecular weight is 364 g/mol. The largest absolute Gasteiger partial charge is 0.345 e. The van der Waals surface area contributed by atoms with Crippen molar-refractivity contribution >= 4 is 23.3 Å². The third kappa shape index (κ3) is 4.61. The van der Waals surface area contributed by atoms with Crippen LogP contribution in [-0.2, 0) is 17.6 Å². The van der Waals surface area contributed by atoms with Crippen LogP contribution in [0.4, 0.5) is 5.69 Å². The van der Waals surface area contributed by atoms with Crippen molar-refractivity contribution in [3.8, 4) is 0 Å². The third-order valence-corrected chi connectivity index (χ3v) is 4.80. The molecule has 1 aliphatic rings. The van der Waals surface area contributed by atoms with Crippen LogP contribution in [0.5, 0.6) is 0 Å². The second kappa shape index (κ2) is 8.16. The Balaban J connectivity index is 1.56. The molecule has 0 saturated carbocycles. The van der Waals surface area contributed by atoms with Crippen molar-refractivity contribution in [2.75, 3.05) is 19.4 Å². The fraction of sp³-hybridized carbons (Fsp3) is 0.318. The van der Waals surface area contributed by atoms with Gasteiger partial charge in [-0.3, -0.25) is 14.4 Å². The highest BCUT2D eigenvalue weighted by Gasteiger charge is 2.15. The van der Waals surface area contributed by atoms with Gasteiger partial charge in [-0.05, 0) is 54.7 Å². The van der Waals surface area contributed by atoms with Gasteiger partial charge in [-0.15, -0.1) is 0 Å². The molecule has 0 fully saturated rings. The molecular weight excluding hydrogens is 340 g/mol. The van der Waals surface area contributed by atoms with Crippen LogP contribution in [0.2, 0.25) is 0 Å². The minimum absolute atomic E-state index is 0.0172. The first-order chi connectivity index (χ1) is 12.9. The number of nitrogens with one attached hydrogen (secondary N) is 1. The van der Waals surface area contributed by atoms with Gasteiger partial charge in [0.2, 0.25) is 5.91 Å². The molecule has 0 bridgehead atoms. The molecule has 0 spiro atoms. The quantitative estimate of drug-likeness (QED) is 0.798. The Kier molecular flexibility index (Phi) is 5.69. The summed E-state index contributed by atoms with van der Waals surface area (Å²) in [5.74, 6) is -0.381. The highest BCUT2D eigenvalue weighted by Crippen LogP contribution is 2.23. The predicted molar refractivity (Wildman–Crippen MR) is 105 cm³/mol. The number of nitrogens with zero attached hydrogens (tertiary/aromatic N) is 1. The third-order valence-electron chi connectivity index (χ3n) is 4.80. The fourth-order valence-corrected chi connectivity index (χ4v) is 3.33. The van der Waals surface area contributed by atoms with Gasteiger partial charge in [0, 0.05) is 43.8 Å². The molecule has 5 nitrogen and oxygen atoms in total. The van der Waals surface area contributed by atoms with Crippen LogP contribution < -0.4 is 5.32 Å². The maximum atomic E-state index is 12.4. The molecule has 2 amide bonds. The molecule has 2 aromatic rings. The van der Waals surface area contributed by atoms with Gasteiger partial charge in [0.15, 0.2) is 5.78 Å². The lowest BCUT2D eigenvalue weighted by Gasteiger charge is -2.11. The Bertz CT molecular complexity index is 887. The monoisotopic (exact) mass is 364 g/mol. The van der Waals surface area contributed by atoms with Crippen LogP contribution in [0.15, 0.2) is 42.5 Å². The average Bonchev–Trinajstić information content (AvgIpc) is 3.13. The molecule has 27 heavy (non-hydrogen) atoms. The number of ketones is 1. The molecule has 0 atom stereocenters. The number of amides is 2. The van der Waals surface area contributed by atoms with Gasteiger partial charge in [-0.1, -0.05) is 18.2 Å². The highest BCUT2D eigenvalue weighted by molar-refractivity contribution is 6.01. The predicted octanol–water partition coefficient (Wildman–Crippen LogP) is 3.48. The lowest BCUT2D eigenvalue weighted by Crippen LogP contribution is -2.22. The zero-order valence-corrected chi connectivity index (χ0v) is 15.7. The van der Waals surface area contributed by atoms with E-state index in [9.17, 15) is 14.4 Å². The minimum atomic E-state index is -0.237. The van der Waals surface area contributed by atoms with Gasteiger partial charge in [-0.2, -0.15) is 0 Å². The summed E-state index contributed by atoms with van der Waals surface area (Å²) in [7, 11) is 3.36. The van der Waals surface area contributed by atoms with Crippen LogP contribution in [0.3, 0.4) is 0 Å². The fourth-order valence-electron chi connectivity index (χ4n) is 3.33. The van der Waals surface area contributed by atoms with Gasteiger partial charge in [-0.25, -0.2) is 0 Å². The molecule has 0 saturated heterocycles.